The molecule has 0 aromatic heterocycles. The predicted molar refractivity (Wildman–Crippen MR) is 98.2 cm³/mol. The molecule has 3 rings (SSSR count). The lowest BCUT2D eigenvalue weighted by Crippen LogP contribution is -2.37. The van der Waals surface area contributed by atoms with Gasteiger partial charge in [0, 0.05) is 5.56 Å². The normalized spacial score (nSPS) is 17.2. The number of carboxylic acids is 1. The van der Waals surface area contributed by atoms with Gasteiger partial charge in [0.1, 0.15) is 10.1 Å². The zero-order valence-corrected chi connectivity index (χ0v) is 14.4. The summed E-state index contributed by atoms with van der Waals surface area (Å²) in [5, 5.41) is 9.60. The molecule has 1 amide bonds. The molecule has 1 atom stereocenters. The third-order valence-corrected chi connectivity index (χ3v) is 4.95. The van der Waals surface area contributed by atoms with Crippen molar-refractivity contribution < 1.29 is 19.1 Å². The van der Waals surface area contributed by atoms with Crippen molar-refractivity contribution >= 4 is 46.3 Å². The van der Waals surface area contributed by atoms with Crippen molar-refractivity contribution in [3.05, 3.63) is 76.4 Å². The minimum atomic E-state index is -1.22. The first-order valence-electron chi connectivity index (χ1n) is 7.28. The van der Waals surface area contributed by atoms with Gasteiger partial charge in [0.2, 0.25) is 0 Å². The molecule has 0 spiro atoms. The molecule has 0 bridgehead atoms. The van der Waals surface area contributed by atoms with Crippen molar-refractivity contribution in [3.8, 4) is 0 Å². The summed E-state index contributed by atoms with van der Waals surface area (Å²) in [6, 6.07) is 13.2. The molecule has 1 heterocycles. The highest BCUT2D eigenvalue weighted by Crippen LogP contribution is 2.38. The number of thioether (sulfide) groups is 1. The smallest absolute Gasteiger partial charge is 0.331 e. The van der Waals surface area contributed by atoms with Crippen LogP contribution in [0.1, 0.15) is 17.2 Å². The maximum atomic E-state index is 13.8. The van der Waals surface area contributed by atoms with Crippen molar-refractivity contribution in [1.82, 2.24) is 4.90 Å². The molecule has 4 nitrogen and oxygen atoms in total. The van der Waals surface area contributed by atoms with Crippen LogP contribution in [0.3, 0.4) is 0 Å². The molecule has 1 fully saturated rings. The number of hydrogen-bond acceptors (Lipinski definition) is 4. The van der Waals surface area contributed by atoms with Gasteiger partial charge in [-0.25, -0.2) is 9.18 Å². The number of rotatable bonds is 4. The highest BCUT2D eigenvalue weighted by atomic mass is 32.2. The van der Waals surface area contributed by atoms with E-state index in [9.17, 15) is 19.1 Å². The number of thiocarbonyl (C=S) groups is 1. The molecule has 1 aliphatic rings. The van der Waals surface area contributed by atoms with E-state index in [4.69, 9.17) is 12.2 Å². The largest absolute Gasteiger partial charge is 0.479 e. The summed E-state index contributed by atoms with van der Waals surface area (Å²) in [7, 11) is 0. The van der Waals surface area contributed by atoms with Crippen molar-refractivity contribution in [2.75, 3.05) is 0 Å². The van der Waals surface area contributed by atoms with Crippen molar-refractivity contribution in [2.45, 2.75) is 6.04 Å². The molecule has 0 aliphatic carbocycles. The Balaban J connectivity index is 1.98. The summed E-state index contributed by atoms with van der Waals surface area (Å²) in [6.07, 6.45) is 1.39. The lowest BCUT2D eigenvalue weighted by molar-refractivity contribution is -0.145. The number of carbonyl (C=O) groups is 2. The van der Waals surface area contributed by atoms with Gasteiger partial charge in [-0.2, -0.15) is 0 Å². The molecule has 1 N–H and O–H groups in total. The van der Waals surface area contributed by atoms with Crippen LogP contribution in [-0.2, 0) is 9.59 Å². The fraction of sp³-hybridized carbons (Fsp3) is 0.0556. The first-order valence-corrected chi connectivity index (χ1v) is 8.51. The van der Waals surface area contributed by atoms with E-state index in [1.165, 1.54) is 18.2 Å². The van der Waals surface area contributed by atoms with Crippen molar-refractivity contribution in [2.24, 2.45) is 0 Å². The Morgan fingerprint density at radius 2 is 1.80 bits per heavy atom. The van der Waals surface area contributed by atoms with E-state index < -0.39 is 23.7 Å². The molecule has 0 unspecified atom stereocenters. The third kappa shape index (κ3) is 3.47. The van der Waals surface area contributed by atoms with E-state index >= 15 is 0 Å². The fourth-order valence-electron chi connectivity index (χ4n) is 2.47. The molecule has 1 aliphatic heterocycles. The lowest BCUT2D eigenvalue weighted by Gasteiger charge is -2.23. The fourth-order valence-corrected chi connectivity index (χ4v) is 3.78. The lowest BCUT2D eigenvalue weighted by atomic mass is 10.1. The molecular formula is C18H12FNO3S2. The second-order valence-electron chi connectivity index (χ2n) is 5.22. The van der Waals surface area contributed by atoms with Crippen molar-refractivity contribution in [1.29, 1.82) is 0 Å². The topological polar surface area (TPSA) is 57.6 Å². The maximum absolute atomic E-state index is 13.8. The van der Waals surface area contributed by atoms with Crippen LogP contribution < -0.4 is 0 Å². The van der Waals surface area contributed by atoms with Crippen molar-refractivity contribution in [3.63, 3.8) is 0 Å². The average Bonchev–Trinajstić information content (AvgIpc) is 2.86. The third-order valence-electron chi connectivity index (χ3n) is 3.62. The number of nitrogens with zero attached hydrogens (tertiary/aromatic N) is 1. The predicted octanol–water partition coefficient (Wildman–Crippen LogP) is 3.85. The number of amides is 1. The van der Waals surface area contributed by atoms with E-state index in [-0.39, 0.29) is 14.8 Å². The first-order chi connectivity index (χ1) is 12.0. The quantitative estimate of drug-likeness (QED) is 0.652. The van der Waals surface area contributed by atoms with Gasteiger partial charge in [0.15, 0.2) is 6.04 Å². The van der Waals surface area contributed by atoms with Gasteiger partial charge in [-0.15, -0.1) is 0 Å². The van der Waals surface area contributed by atoms with E-state index in [0.29, 0.717) is 5.56 Å². The Kier molecular flexibility index (Phi) is 4.96. The summed E-state index contributed by atoms with van der Waals surface area (Å²) >= 11 is 6.17. The minimum absolute atomic E-state index is 0.129. The molecule has 2 aromatic rings. The van der Waals surface area contributed by atoms with Gasteiger partial charge in [-0.05, 0) is 17.7 Å². The highest BCUT2D eigenvalue weighted by Gasteiger charge is 2.41. The van der Waals surface area contributed by atoms with Crippen LogP contribution in [0.2, 0.25) is 0 Å². The Labute approximate surface area is 153 Å². The molecule has 7 heteroatoms. The van der Waals surface area contributed by atoms with Crippen LogP contribution in [0.15, 0.2) is 59.5 Å². The molecular weight excluding hydrogens is 361 g/mol. The molecule has 126 valence electrons. The van der Waals surface area contributed by atoms with E-state index in [1.54, 1.807) is 42.5 Å². The molecule has 25 heavy (non-hydrogen) atoms. The SMILES string of the molecule is O=C(O)[C@H](c1ccccc1)N1C(=O)C(=Cc2ccccc2F)SC1=S. The van der Waals surface area contributed by atoms with E-state index in [2.05, 4.69) is 0 Å². The van der Waals surface area contributed by atoms with Gasteiger partial charge in [0.05, 0.1) is 4.91 Å². The zero-order chi connectivity index (χ0) is 18.0. The minimum Gasteiger partial charge on any atom is -0.479 e. The van der Waals surface area contributed by atoms with Crippen LogP contribution in [0, 0.1) is 5.82 Å². The molecule has 0 saturated carbocycles. The van der Waals surface area contributed by atoms with Crippen LogP contribution in [0.4, 0.5) is 4.39 Å². The second-order valence-corrected chi connectivity index (χ2v) is 6.90. The van der Waals surface area contributed by atoms with Gasteiger partial charge in [-0.1, -0.05) is 72.5 Å². The summed E-state index contributed by atoms with van der Waals surface area (Å²) < 4.78 is 13.9. The molecule has 2 aromatic carbocycles. The van der Waals surface area contributed by atoms with E-state index in [1.807, 2.05) is 0 Å². The highest BCUT2D eigenvalue weighted by molar-refractivity contribution is 8.26. The average molecular weight is 373 g/mol. The second kappa shape index (κ2) is 7.16. The van der Waals surface area contributed by atoms with Gasteiger partial charge >= 0.3 is 5.97 Å². The Morgan fingerprint density at radius 3 is 2.44 bits per heavy atom. The van der Waals surface area contributed by atoms with Gasteiger partial charge < -0.3 is 5.11 Å². The van der Waals surface area contributed by atoms with E-state index in [0.717, 1.165) is 16.7 Å². The summed E-state index contributed by atoms with van der Waals surface area (Å²) in [5.74, 6) is -2.20. The number of hydrogen-bond donors (Lipinski definition) is 1. The van der Waals surface area contributed by atoms with Gasteiger partial charge in [0.25, 0.3) is 5.91 Å². The summed E-state index contributed by atoms with van der Waals surface area (Å²) in [4.78, 5) is 25.7. The van der Waals surface area contributed by atoms with Gasteiger partial charge in [-0.3, -0.25) is 9.69 Å². The number of halogens is 1. The zero-order valence-electron chi connectivity index (χ0n) is 12.8. The van der Waals surface area contributed by atoms with Crippen LogP contribution >= 0.6 is 24.0 Å². The number of aliphatic carboxylic acids is 1. The van der Waals surface area contributed by atoms with Crippen LogP contribution in [0.5, 0.6) is 0 Å². The van der Waals surface area contributed by atoms with Crippen LogP contribution in [0.25, 0.3) is 6.08 Å². The standard InChI is InChI=1S/C18H12FNO3S2/c19-13-9-5-4-8-12(13)10-14-16(21)20(18(24)25-14)15(17(22)23)11-6-2-1-3-7-11/h1-10,15H,(H,22,23)/t15-/m0/s1. The number of carbonyl (C=O) groups excluding carboxylic acids is 1. The monoisotopic (exact) mass is 373 g/mol. The Morgan fingerprint density at radius 1 is 1.16 bits per heavy atom. The molecule has 1 saturated heterocycles. The maximum Gasteiger partial charge on any atom is 0.331 e. The summed E-state index contributed by atoms with van der Waals surface area (Å²) in [6.45, 7) is 0. The molecule has 0 radical (unpaired) electrons. The Hall–Kier alpha value is -2.51. The number of benzene rings is 2. The Bertz CT molecular complexity index is 883. The first kappa shape index (κ1) is 17.3. The summed E-state index contributed by atoms with van der Waals surface area (Å²) in [5.41, 5.74) is 0.688. The van der Waals surface area contributed by atoms with Crippen LogP contribution in [-0.4, -0.2) is 26.2 Å². The number of carboxylic acid groups (broad SMARTS) is 1.